The molecule has 0 aromatic carbocycles. The minimum atomic E-state index is -1.11. The van der Waals surface area contributed by atoms with E-state index in [9.17, 15) is 19.5 Å². The van der Waals surface area contributed by atoms with E-state index in [2.05, 4.69) is 29.1 Å². The van der Waals surface area contributed by atoms with E-state index in [0.717, 1.165) is 32.1 Å². The summed E-state index contributed by atoms with van der Waals surface area (Å²) in [6.45, 7) is 10.0. The van der Waals surface area contributed by atoms with Gasteiger partial charge in [-0.05, 0) is 25.7 Å². The van der Waals surface area contributed by atoms with Gasteiger partial charge in [0.05, 0.1) is 30.6 Å². The Hall–Kier alpha value is -1.71. The second-order valence-electron chi connectivity index (χ2n) is 10.7. The number of ether oxygens (including phenoxy) is 1. The number of fused-ring (bicyclic) bond motifs is 1. The maximum absolute atomic E-state index is 14.5. The molecule has 9 heteroatoms. The predicted octanol–water partition coefficient (Wildman–Crippen LogP) is 2.50. The smallest absolute Gasteiger partial charge is 0.248 e. The van der Waals surface area contributed by atoms with E-state index < -0.39 is 35.6 Å². The van der Waals surface area contributed by atoms with Crippen molar-refractivity contribution < 1.29 is 24.2 Å². The van der Waals surface area contributed by atoms with Gasteiger partial charge in [0.15, 0.2) is 0 Å². The van der Waals surface area contributed by atoms with E-state index in [1.807, 2.05) is 11.8 Å². The number of amides is 3. The molecular weight excluding hydrogens is 526 g/mol. The van der Waals surface area contributed by atoms with E-state index in [1.165, 1.54) is 0 Å². The van der Waals surface area contributed by atoms with Gasteiger partial charge in [0.25, 0.3) is 0 Å². The molecule has 8 nitrogen and oxygen atoms in total. The van der Waals surface area contributed by atoms with Gasteiger partial charge in [0, 0.05) is 31.0 Å². The van der Waals surface area contributed by atoms with E-state index in [4.69, 9.17) is 4.74 Å². The molecule has 0 radical (unpaired) electrons. The lowest BCUT2D eigenvalue weighted by Gasteiger charge is -2.42. The highest BCUT2D eigenvalue weighted by Crippen LogP contribution is 2.61. The molecule has 1 saturated carbocycles. The Morgan fingerprint density at radius 1 is 1.22 bits per heavy atom. The van der Waals surface area contributed by atoms with Crippen LogP contribution < -0.4 is 0 Å². The molecule has 0 aromatic heterocycles. The van der Waals surface area contributed by atoms with Crippen LogP contribution in [-0.2, 0) is 19.1 Å². The fourth-order valence-electron chi connectivity index (χ4n) is 7.08. The van der Waals surface area contributed by atoms with Gasteiger partial charge in [-0.2, -0.15) is 0 Å². The van der Waals surface area contributed by atoms with Crippen molar-refractivity contribution in [2.24, 2.45) is 11.8 Å². The second-order valence-corrected chi connectivity index (χ2v) is 11.9. The van der Waals surface area contributed by atoms with Crippen LogP contribution in [-0.4, -0.2) is 98.9 Å². The molecule has 1 aliphatic carbocycles. The summed E-state index contributed by atoms with van der Waals surface area (Å²) in [6, 6.07) is -1.33. The highest BCUT2D eigenvalue weighted by Gasteiger charge is 2.77. The van der Waals surface area contributed by atoms with Crippen LogP contribution in [0.2, 0.25) is 0 Å². The van der Waals surface area contributed by atoms with Crippen molar-refractivity contribution in [1.29, 1.82) is 0 Å². The molecule has 4 rings (SSSR count). The summed E-state index contributed by atoms with van der Waals surface area (Å²) < 4.78 is 6.61. The monoisotopic (exact) mass is 565 g/mol. The number of aliphatic hydroxyl groups is 1. The number of hydrogen-bond donors (Lipinski definition) is 1. The average molecular weight is 567 g/mol. The third kappa shape index (κ3) is 4.25. The largest absolute Gasteiger partial charge is 0.394 e. The number of carbonyl (C=O) groups excluding carboxylic acids is 3. The summed E-state index contributed by atoms with van der Waals surface area (Å²) in [5.74, 6) is -2.05. The normalized spacial score (nSPS) is 34.4. The van der Waals surface area contributed by atoms with Gasteiger partial charge < -0.3 is 24.5 Å². The van der Waals surface area contributed by atoms with Crippen molar-refractivity contribution >= 4 is 33.7 Å². The third-order valence-corrected chi connectivity index (χ3v) is 9.57. The first-order valence-corrected chi connectivity index (χ1v) is 14.2. The number of nitrogens with zero attached hydrogens (tertiary/aromatic N) is 3. The minimum Gasteiger partial charge on any atom is -0.394 e. The zero-order valence-electron chi connectivity index (χ0n) is 21.5. The topological polar surface area (TPSA) is 90.4 Å². The van der Waals surface area contributed by atoms with Crippen LogP contribution >= 0.6 is 15.9 Å². The van der Waals surface area contributed by atoms with Crippen molar-refractivity contribution in [2.75, 3.05) is 26.7 Å². The maximum Gasteiger partial charge on any atom is 0.248 e. The highest BCUT2D eigenvalue weighted by atomic mass is 79.9. The van der Waals surface area contributed by atoms with Gasteiger partial charge in [0.2, 0.25) is 17.7 Å². The first-order valence-electron chi connectivity index (χ1n) is 13.3. The van der Waals surface area contributed by atoms with Crippen LogP contribution in [0.15, 0.2) is 25.3 Å². The molecule has 3 saturated heterocycles. The van der Waals surface area contributed by atoms with Crippen LogP contribution in [0, 0.1) is 11.8 Å². The molecule has 4 fully saturated rings. The van der Waals surface area contributed by atoms with Crippen molar-refractivity contribution in [3.63, 3.8) is 0 Å². The Kier molecular flexibility index (Phi) is 8.32. The fourth-order valence-corrected chi connectivity index (χ4v) is 8.02. The van der Waals surface area contributed by atoms with Crippen LogP contribution in [0.4, 0.5) is 0 Å². The van der Waals surface area contributed by atoms with Crippen LogP contribution in [0.25, 0.3) is 0 Å². The molecule has 3 amide bonds. The molecular formula is C27H40BrN3O5. The Bertz CT molecular complexity index is 889. The van der Waals surface area contributed by atoms with Crippen LogP contribution in [0.5, 0.6) is 0 Å². The fraction of sp³-hybridized carbons (Fsp3) is 0.741. The molecule has 2 bridgehead atoms. The van der Waals surface area contributed by atoms with Gasteiger partial charge in [-0.15, -0.1) is 13.2 Å². The number of likely N-dealkylation sites (tertiary alicyclic amines) is 1. The molecule has 3 heterocycles. The molecule has 200 valence electrons. The summed E-state index contributed by atoms with van der Waals surface area (Å²) in [6.07, 6.45) is 8.99. The molecule has 1 spiro atoms. The van der Waals surface area contributed by atoms with Crippen LogP contribution in [0.1, 0.15) is 51.9 Å². The number of hydrogen-bond acceptors (Lipinski definition) is 5. The average Bonchev–Trinajstić information content (AvgIpc) is 3.47. The lowest BCUT2D eigenvalue weighted by molar-refractivity contribution is -0.153. The Morgan fingerprint density at radius 3 is 2.47 bits per heavy atom. The molecule has 3 unspecified atom stereocenters. The maximum atomic E-state index is 14.5. The first-order chi connectivity index (χ1) is 17.3. The molecule has 36 heavy (non-hydrogen) atoms. The number of rotatable bonds is 10. The van der Waals surface area contributed by atoms with E-state index in [-0.39, 0.29) is 35.2 Å². The standard InChI is InChI=1S/C27H40BrN3O5/c1-5-13-29(4)24(33)20-21-25(34)31(17(7-3)16-32)23(27(21)15-19(28)22(20)36-27)26(35)30(14-6-2)18-11-9-8-10-12-18/h5-6,17-23,32H,1-2,7-16H2,3-4H3/t17-,19?,20-,21-,22-,23?,27?/m0/s1. The van der Waals surface area contributed by atoms with E-state index in [0.29, 0.717) is 25.9 Å². The Labute approximate surface area is 222 Å². The molecule has 1 N–H and O–H groups in total. The van der Waals surface area contributed by atoms with Gasteiger partial charge in [-0.1, -0.05) is 54.3 Å². The molecule has 3 aliphatic heterocycles. The van der Waals surface area contributed by atoms with Gasteiger partial charge >= 0.3 is 0 Å². The summed E-state index contributed by atoms with van der Waals surface area (Å²) in [4.78, 5) is 47.0. The molecule has 7 atom stereocenters. The number of aliphatic hydroxyl groups excluding tert-OH is 1. The van der Waals surface area contributed by atoms with Crippen molar-refractivity contribution in [1.82, 2.24) is 14.7 Å². The molecule has 0 aromatic rings. The van der Waals surface area contributed by atoms with Crippen molar-refractivity contribution in [2.45, 2.75) is 86.5 Å². The van der Waals surface area contributed by atoms with E-state index in [1.54, 1.807) is 29.0 Å². The summed E-state index contributed by atoms with van der Waals surface area (Å²) in [5, 5.41) is 10.2. The molecule has 4 aliphatic rings. The summed E-state index contributed by atoms with van der Waals surface area (Å²) in [5.41, 5.74) is -1.11. The van der Waals surface area contributed by atoms with Gasteiger partial charge in [-0.25, -0.2) is 0 Å². The first kappa shape index (κ1) is 27.3. The lowest BCUT2D eigenvalue weighted by atomic mass is 9.70. The highest BCUT2D eigenvalue weighted by molar-refractivity contribution is 9.09. The van der Waals surface area contributed by atoms with Crippen molar-refractivity contribution in [3.05, 3.63) is 25.3 Å². The predicted molar refractivity (Wildman–Crippen MR) is 140 cm³/mol. The minimum absolute atomic E-state index is 0.0837. The second kappa shape index (κ2) is 11.0. The Morgan fingerprint density at radius 2 is 1.89 bits per heavy atom. The van der Waals surface area contributed by atoms with E-state index >= 15 is 0 Å². The SMILES string of the molecule is C=CCN(C)C(=O)[C@H]1[C@H]2C(=O)N([C@@H](CC)CO)C(C(=O)N(CC=C)C3CCCCC3)C23CC(Br)[C@@H]1O3. The number of carbonyl (C=O) groups is 3. The van der Waals surface area contributed by atoms with Gasteiger partial charge in [-0.3, -0.25) is 14.4 Å². The van der Waals surface area contributed by atoms with Crippen molar-refractivity contribution in [3.8, 4) is 0 Å². The number of alkyl halides is 1. The zero-order valence-corrected chi connectivity index (χ0v) is 23.1. The lowest BCUT2D eigenvalue weighted by Crippen LogP contribution is -2.60. The third-order valence-electron chi connectivity index (χ3n) is 8.73. The van der Waals surface area contributed by atoms with Crippen LogP contribution in [0.3, 0.4) is 0 Å². The number of likely N-dealkylation sites (N-methyl/N-ethyl adjacent to an activating group) is 1. The zero-order chi connectivity index (χ0) is 26.2. The summed E-state index contributed by atoms with van der Waals surface area (Å²) in [7, 11) is 1.70. The Balaban J connectivity index is 1.78. The van der Waals surface area contributed by atoms with Gasteiger partial charge in [0.1, 0.15) is 11.6 Å². The quantitative estimate of drug-likeness (QED) is 0.324. The number of halogens is 1. The summed E-state index contributed by atoms with van der Waals surface area (Å²) >= 11 is 3.72.